The van der Waals surface area contributed by atoms with Gasteiger partial charge in [0.05, 0.1) is 0 Å². The summed E-state index contributed by atoms with van der Waals surface area (Å²) in [5.41, 5.74) is 0.678. The van der Waals surface area contributed by atoms with Gasteiger partial charge in [0.25, 0.3) is 0 Å². The Labute approximate surface area is 128 Å². The Balaban J connectivity index is 1.65. The maximum atomic E-state index is 10.8. The highest BCUT2D eigenvalue weighted by Crippen LogP contribution is 2.25. The standard InChI is InChI=1S/C16H18N2O4/c1-18-8-6-13(7-9-18)21-12-4-2-11(3-5-12)15-10-14(16(19)20)17-22-15/h2-5,10,13H,6-9H2,1H3,(H,19,20). The van der Waals surface area contributed by atoms with Crippen LogP contribution >= 0.6 is 0 Å². The maximum Gasteiger partial charge on any atom is 0.358 e. The lowest BCUT2D eigenvalue weighted by Crippen LogP contribution is -2.35. The number of nitrogens with zero attached hydrogens (tertiary/aromatic N) is 2. The highest BCUT2D eigenvalue weighted by atomic mass is 16.5. The minimum atomic E-state index is -1.10. The molecule has 0 bridgehead atoms. The average Bonchev–Trinajstić information content (AvgIpc) is 3.00. The fourth-order valence-electron chi connectivity index (χ4n) is 2.51. The van der Waals surface area contributed by atoms with Crippen molar-refractivity contribution in [3.63, 3.8) is 0 Å². The Kier molecular flexibility index (Phi) is 4.11. The van der Waals surface area contributed by atoms with Crippen molar-refractivity contribution in [2.45, 2.75) is 18.9 Å². The molecule has 6 nitrogen and oxygen atoms in total. The summed E-state index contributed by atoms with van der Waals surface area (Å²) in [5, 5.41) is 12.3. The van der Waals surface area contributed by atoms with Gasteiger partial charge in [-0.3, -0.25) is 0 Å². The van der Waals surface area contributed by atoms with Gasteiger partial charge in [-0.25, -0.2) is 4.79 Å². The summed E-state index contributed by atoms with van der Waals surface area (Å²) in [6, 6.07) is 8.84. The third kappa shape index (κ3) is 3.28. The molecule has 0 unspecified atom stereocenters. The number of rotatable bonds is 4. The van der Waals surface area contributed by atoms with Crippen molar-refractivity contribution >= 4 is 5.97 Å². The molecule has 6 heteroatoms. The van der Waals surface area contributed by atoms with Crippen LogP contribution in [0.3, 0.4) is 0 Å². The van der Waals surface area contributed by atoms with Gasteiger partial charge in [-0.1, -0.05) is 5.16 Å². The summed E-state index contributed by atoms with van der Waals surface area (Å²) < 4.78 is 11.0. The zero-order valence-corrected chi connectivity index (χ0v) is 12.4. The first-order chi connectivity index (χ1) is 10.6. The highest BCUT2D eigenvalue weighted by molar-refractivity contribution is 5.86. The topological polar surface area (TPSA) is 75.8 Å². The maximum absolute atomic E-state index is 10.8. The van der Waals surface area contributed by atoms with Crippen LogP contribution in [0.2, 0.25) is 0 Å². The summed E-state index contributed by atoms with van der Waals surface area (Å²) >= 11 is 0. The SMILES string of the molecule is CN1CCC(Oc2ccc(-c3cc(C(=O)O)no3)cc2)CC1. The number of piperidine rings is 1. The molecule has 0 atom stereocenters. The van der Waals surface area contributed by atoms with Gasteiger partial charge in [-0.2, -0.15) is 0 Å². The van der Waals surface area contributed by atoms with Crippen LogP contribution < -0.4 is 4.74 Å². The Hall–Kier alpha value is -2.34. The second kappa shape index (κ2) is 6.19. The molecule has 22 heavy (non-hydrogen) atoms. The Bertz CT molecular complexity index is 642. The zero-order chi connectivity index (χ0) is 15.5. The zero-order valence-electron chi connectivity index (χ0n) is 12.4. The predicted molar refractivity (Wildman–Crippen MR) is 80.0 cm³/mol. The van der Waals surface area contributed by atoms with Gasteiger partial charge < -0.3 is 19.3 Å². The largest absolute Gasteiger partial charge is 0.490 e. The van der Waals surface area contributed by atoms with Crippen LogP contribution in [0.5, 0.6) is 5.75 Å². The normalized spacial score (nSPS) is 16.6. The summed E-state index contributed by atoms with van der Waals surface area (Å²) in [6.45, 7) is 2.11. The number of hydrogen-bond acceptors (Lipinski definition) is 5. The molecular weight excluding hydrogens is 284 g/mol. The first-order valence-corrected chi connectivity index (χ1v) is 7.27. The fraction of sp³-hybridized carbons (Fsp3) is 0.375. The quantitative estimate of drug-likeness (QED) is 0.935. The number of carboxylic acids is 1. The van der Waals surface area contributed by atoms with Crippen LogP contribution in [0.25, 0.3) is 11.3 Å². The van der Waals surface area contributed by atoms with Gasteiger partial charge in [-0.15, -0.1) is 0 Å². The van der Waals surface area contributed by atoms with Gasteiger partial charge in [0, 0.05) is 24.7 Å². The van der Waals surface area contributed by atoms with Crippen molar-refractivity contribution in [3.05, 3.63) is 36.0 Å². The van der Waals surface area contributed by atoms with Gasteiger partial charge in [0.2, 0.25) is 0 Å². The third-order valence-electron chi connectivity index (χ3n) is 3.84. The molecule has 0 spiro atoms. The molecular formula is C16H18N2O4. The second-order valence-corrected chi connectivity index (χ2v) is 5.53. The van der Waals surface area contributed by atoms with E-state index in [1.165, 1.54) is 6.07 Å². The first-order valence-electron chi connectivity index (χ1n) is 7.27. The lowest BCUT2D eigenvalue weighted by Gasteiger charge is -2.29. The minimum Gasteiger partial charge on any atom is -0.490 e. The number of benzene rings is 1. The number of aromatic carboxylic acids is 1. The minimum absolute atomic E-state index is 0.0957. The molecule has 1 aromatic heterocycles. The van der Waals surface area contributed by atoms with Crippen molar-refractivity contribution in [3.8, 4) is 17.1 Å². The van der Waals surface area contributed by atoms with Crippen molar-refractivity contribution in [1.82, 2.24) is 10.1 Å². The number of carbonyl (C=O) groups is 1. The van der Waals surface area contributed by atoms with Crippen molar-refractivity contribution in [2.75, 3.05) is 20.1 Å². The van der Waals surface area contributed by atoms with E-state index in [0.29, 0.717) is 5.76 Å². The molecule has 0 amide bonds. The summed E-state index contributed by atoms with van der Waals surface area (Å²) in [5.74, 6) is 0.150. The molecule has 2 heterocycles. The highest BCUT2D eigenvalue weighted by Gasteiger charge is 2.18. The average molecular weight is 302 g/mol. The van der Waals surface area contributed by atoms with E-state index >= 15 is 0 Å². The van der Waals surface area contributed by atoms with E-state index in [1.807, 2.05) is 24.3 Å². The van der Waals surface area contributed by atoms with E-state index < -0.39 is 5.97 Å². The number of aromatic nitrogens is 1. The molecule has 1 aliphatic rings. The predicted octanol–water partition coefficient (Wildman–Crippen LogP) is 2.51. The van der Waals surface area contributed by atoms with E-state index in [2.05, 4.69) is 17.1 Å². The van der Waals surface area contributed by atoms with Crippen LogP contribution in [0.15, 0.2) is 34.9 Å². The molecule has 1 aromatic carbocycles. The van der Waals surface area contributed by atoms with Crippen LogP contribution in [0, 0.1) is 0 Å². The molecule has 0 saturated carbocycles. The third-order valence-corrected chi connectivity index (χ3v) is 3.84. The van der Waals surface area contributed by atoms with Gasteiger partial charge in [-0.05, 0) is 44.2 Å². The Morgan fingerprint density at radius 3 is 2.59 bits per heavy atom. The molecule has 1 fully saturated rings. The van der Waals surface area contributed by atoms with Crippen molar-refractivity contribution in [2.24, 2.45) is 0 Å². The molecule has 0 radical (unpaired) electrons. The molecule has 3 rings (SSSR count). The smallest absolute Gasteiger partial charge is 0.358 e. The second-order valence-electron chi connectivity index (χ2n) is 5.53. The van der Waals surface area contributed by atoms with E-state index in [9.17, 15) is 4.79 Å². The van der Waals surface area contributed by atoms with Crippen LogP contribution in [-0.4, -0.2) is 47.4 Å². The fourth-order valence-corrected chi connectivity index (χ4v) is 2.51. The van der Waals surface area contributed by atoms with Crippen molar-refractivity contribution in [1.29, 1.82) is 0 Å². The lowest BCUT2D eigenvalue weighted by molar-refractivity contribution is 0.0686. The summed E-state index contributed by atoms with van der Waals surface area (Å²) in [4.78, 5) is 13.1. The molecule has 1 N–H and O–H groups in total. The molecule has 116 valence electrons. The van der Waals surface area contributed by atoms with E-state index in [0.717, 1.165) is 37.2 Å². The first kappa shape index (κ1) is 14.6. The molecule has 0 aliphatic carbocycles. The van der Waals surface area contributed by atoms with Crippen LogP contribution in [0.4, 0.5) is 0 Å². The van der Waals surface area contributed by atoms with Gasteiger partial charge in [0.15, 0.2) is 11.5 Å². The molecule has 2 aromatic rings. The Morgan fingerprint density at radius 2 is 2.00 bits per heavy atom. The van der Waals surface area contributed by atoms with Crippen LogP contribution in [-0.2, 0) is 0 Å². The number of hydrogen-bond donors (Lipinski definition) is 1. The molecule has 1 aliphatic heterocycles. The monoisotopic (exact) mass is 302 g/mol. The van der Waals surface area contributed by atoms with Crippen LogP contribution in [0.1, 0.15) is 23.3 Å². The van der Waals surface area contributed by atoms with Gasteiger partial charge in [0.1, 0.15) is 11.9 Å². The van der Waals surface area contributed by atoms with E-state index in [-0.39, 0.29) is 11.8 Å². The Morgan fingerprint density at radius 1 is 1.32 bits per heavy atom. The van der Waals surface area contributed by atoms with E-state index in [4.69, 9.17) is 14.4 Å². The molecule has 1 saturated heterocycles. The van der Waals surface area contributed by atoms with Crippen molar-refractivity contribution < 1.29 is 19.2 Å². The van der Waals surface area contributed by atoms with Gasteiger partial charge >= 0.3 is 5.97 Å². The van der Waals surface area contributed by atoms with E-state index in [1.54, 1.807) is 0 Å². The number of carboxylic acid groups (broad SMARTS) is 1. The summed E-state index contributed by atoms with van der Waals surface area (Å²) in [7, 11) is 2.12. The lowest BCUT2D eigenvalue weighted by atomic mass is 10.1. The summed E-state index contributed by atoms with van der Waals surface area (Å²) in [6.07, 6.45) is 2.32. The number of likely N-dealkylation sites (tertiary alicyclic amines) is 1. The number of ether oxygens (including phenoxy) is 1.